The smallest absolute Gasteiger partial charge is 0.0824 e. The van der Waals surface area contributed by atoms with Crippen LogP contribution in [-0.2, 0) is 17.7 Å². The molecule has 1 aromatic heterocycles. The summed E-state index contributed by atoms with van der Waals surface area (Å²) in [4.78, 5) is 0. The van der Waals surface area contributed by atoms with Gasteiger partial charge in [0.25, 0.3) is 0 Å². The minimum atomic E-state index is 0.276. The first-order chi connectivity index (χ1) is 6.22. The Morgan fingerprint density at radius 3 is 2.85 bits per heavy atom. The van der Waals surface area contributed by atoms with Gasteiger partial charge in [0.05, 0.1) is 25.5 Å². The SMILES string of the molecule is CCc1cn(CC2(C)COC2)nn1. The molecule has 0 aromatic carbocycles. The molecule has 0 spiro atoms. The molecule has 0 amide bonds. The topological polar surface area (TPSA) is 39.9 Å². The summed E-state index contributed by atoms with van der Waals surface area (Å²) >= 11 is 0. The lowest BCUT2D eigenvalue weighted by atomic mass is 9.89. The summed E-state index contributed by atoms with van der Waals surface area (Å²) in [6, 6.07) is 0. The van der Waals surface area contributed by atoms with Crippen LogP contribution in [0.3, 0.4) is 0 Å². The highest BCUT2D eigenvalue weighted by molar-refractivity contribution is 4.92. The van der Waals surface area contributed by atoms with Gasteiger partial charge in [0.15, 0.2) is 0 Å². The van der Waals surface area contributed by atoms with Crippen molar-refractivity contribution in [1.29, 1.82) is 0 Å². The van der Waals surface area contributed by atoms with Gasteiger partial charge in [0, 0.05) is 11.6 Å². The zero-order valence-corrected chi connectivity index (χ0v) is 8.16. The van der Waals surface area contributed by atoms with Gasteiger partial charge in [-0.1, -0.05) is 19.1 Å². The van der Waals surface area contributed by atoms with Gasteiger partial charge in [-0.2, -0.15) is 0 Å². The highest BCUT2D eigenvalue weighted by Gasteiger charge is 2.34. The van der Waals surface area contributed by atoms with Crippen molar-refractivity contribution in [1.82, 2.24) is 15.0 Å². The molecule has 1 aromatic rings. The summed E-state index contributed by atoms with van der Waals surface area (Å²) in [5.74, 6) is 0. The van der Waals surface area contributed by atoms with E-state index in [0.29, 0.717) is 0 Å². The number of aryl methyl sites for hydroxylation is 1. The van der Waals surface area contributed by atoms with Crippen LogP contribution < -0.4 is 0 Å². The maximum atomic E-state index is 5.18. The van der Waals surface area contributed by atoms with E-state index in [2.05, 4.69) is 24.2 Å². The fourth-order valence-electron chi connectivity index (χ4n) is 1.51. The average Bonchev–Trinajstić information content (AvgIpc) is 2.49. The van der Waals surface area contributed by atoms with Crippen LogP contribution in [0.2, 0.25) is 0 Å². The molecular weight excluding hydrogens is 166 g/mol. The average molecular weight is 181 g/mol. The first-order valence-corrected chi connectivity index (χ1v) is 4.69. The lowest BCUT2D eigenvalue weighted by Gasteiger charge is -2.37. The van der Waals surface area contributed by atoms with Gasteiger partial charge in [-0.15, -0.1) is 5.10 Å². The second-order valence-electron chi connectivity index (χ2n) is 4.06. The Labute approximate surface area is 77.9 Å². The van der Waals surface area contributed by atoms with Gasteiger partial charge < -0.3 is 4.74 Å². The molecule has 13 heavy (non-hydrogen) atoms. The zero-order valence-electron chi connectivity index (χ0n) is 8.16. The van der Waals surface area contributed by atoms with E-state index in [-0.39, 0.29) is 5.41 Å². The van der Waals surface area contributed by atoms with Gasteiger partial charge in [-0.25, -0.2) is 0 Å². The van der Waals surface area contributed by atoms with Crippen LogP contribution in [0.15, 0.2) is 6.20 Å². The van der Waals surface area contributed by atoms with Crippen molar-refractivity contribution in [2.24, 2.45) is 5.41 Å². The van der Waals surface area contributed by atoms with Gasteiger partial charge in [-0.3, -0.25) is 4.68 Å². The molecule has 2 heterocycles. The molecule has 0 saturated carbocycles. The van der Waals surface area contributed by atoms with E-state index in [0.717, 1.165) is 31.9 Å². The molecule has 2 rings (SSSR count). The highest BCUT2D eigenvalue weighted by atomic mass is 16.5. The van der Waals surface area contributed by atoms with Crippen molar-refractivity contribution in [2.75, 3.05) is 13.2 Å². The zero-order chi connectivity index (χ0) is 9.31. The quantitative estimate of drug-likeness (QED) is 0.695. The third-order valence-corrected chi connectivity index (χ3v) is 2.39. The van der Waals surface area contributed by atoms with Crippen LogP contribution in [0, 0.1) is 5.41 Å². The molecule has 4 nitrogen and oxygen atoms in total. The molecule has 0 atom stereocenters. The lowest BCUT2D eigenvalue weighted by molar-refractivity contribution is -0.111. The Balaban J connectivity index is 2.01. The van der Waals surface area contributed by atoms with E-state index in [4.69, 9.17) is 4.74 Å². The van der Waals surface area contributed by atoms with Crippen LogP contribution in [0.4, 0.5) is 0 Å². The maximum Gasteiger partial charge on any atom is 0.0824 e. The second-order valence-corrected chi connectivity index (χ2v) is 4.06. The van der Waals surface area contributed by atoms with E-state index in [9.17, 15) is 0 Å². The molecule has 0 unspecified atom stereocenters. The summed E-state index contributed by atoms with van der Waals surface area (Å²) in [5.41, 5.74) is 1.34. The van der Waals surface area contributed by atoms with Gasteiger partial charge >= 0.3 is 0 Å². The largest absolute Gasteiger partial charge is 0.380 e. The van der Waals surface area contributed by atoms with Crippen molar-refractivity contribution < 1.29 is 4.74 Å². The number of hydrogen-bond donors (Lipinski definition) is 0. The Morgan fingerprint density at radius 1 is 1.62 bits per heavy atom. The molecule has 4 heteroatoms. The predicted molar refractivity (Wildman–Crippen MR) is 48.3 cm³/mol. The third kappa shape index (κ3) is 1.72. The first kappa shape index (κ1) is 8.69. The van der Waals surface area contributed by atoms with Crippen molar-refractivity contribution in [2.45, 2.75) is 26.8 Å². The summed E-state index contributed by atoms with van der Waals surface area (Å²) in [7, 11) is 0. The van der Waals surface area contributed by atoms with E-state index in [1.54, 1.807) is 0 Å². The van der Waals surface area contributed by atoms with Crippen LogP contribution in [-0.4, -0.2) is 28.2 Å². The van der Waals surface area contributed by atoms with Crippen molar-refractivity contribution in [3.63, 3.8) is 0 Å². The number of rotatable bonds is 3. The minimum Gasteiger partial charge on any atom is -0.380 e. The molecule has 0 N–H and O–H groups in total. The standard InChI is InChI=1S/C9H15N3O/c1-3-8-4-12(11-10-8)5-9(2)6-13-7-9/h4H,3,5-7H2,1-2H3. The van der Waals surface area contributed by atoms with Crippen molar-refractivity contribution >= 4 is 0 Å². The van der Waals surface area contributed by atoms with E-state index >= 15 is 0 Å². The molecule has 1 fully saturated rings. The van der Waals surface area contributed by atoms with Crippen LogP contribution in [0.25, 0.3) is 0 Å². The number of nitrogens with zero attached hydrogens (tertiary/aromatic N) is 3. The Bertz CT molecular complexity index is 291. The van der Waals surface area contributed by atoms with Gasteiger partial charge in [-0.05, 0) is 6.42 Å². The number of ether oxygens (including phenoxy) is 1. The summed E-state index contributed by atoms with van der Waals surface area (Å²) in [6.07, 6.45) is 2.97. The predicted octanol–water partition coefficient (Wildman–Crippen LogP) is 0.877. The van der Waals surface area contributed by atoms with Crippen LogP contribution in [0.1, 0.15) is 19.5 Å². The Kier molecular flexibility index (Phi) is 2.07. The van der Waals surface area contributed by atoms with Crippen LogP contribution in [0.5, 0.6) is 0 Å². The van der Waals surface area contributed by atoms with Gasteiger partial charge in [0.1, 0.15) is 0 Å². The first-order valence-electron chi connectivity index (χ1n) is 4.69. The van der Waals surface area contributed by atoms with Crippen molar-refractivity contribution in [3.05, 3.63) is 11.9 Å². The molecule has 0 radical (unpaired) electrons. The molecular formula is C9H15N3O. The van der Waals surface area contributed by atoms with E-state index in [1.165, 1.54) is 0 Å². The minimum absolute atomic E-state index is 0.276. The molecule has 1 saturated heterocycles. The maximum absolute atomic E-state index is 5.18. The molecule has 0 bridgehead atoms. The number of hydrogen-bond acceptors (Lipinski definition) is 3. The summed E-state index contributed by atoms with van der Waals surface area (Å²) < 4.78 is 7.10. The van der Waals surface area contributed by atoms with E-state index < -0.39 is 0 Å². The highest BCUT2D eigenvalue weighted by Crippen LogP contribution is 2.27. The van der Waals surface area contributed by atoms with Crippen molar-refractivity contribution in [3.8, 4) is 0 Å². The third-order valence-electron chi connectivity index (χ3n) is 2.39. The summed E-state index contributed by atoms with van der Waals surface area (Å²) in [5, 5.41) is 8.11. The van der Waals surface area contributed by atoms with Crippen LogP contribution >= 0.6 is 0 Å². The fraction of sp³-hybridized carbons (Fsp3) is 0.778. The Hall–Kier alpha value is -0.900. The molecule has 1 aliphatic heterocycles. The van der Waals surface area contributed by atoms with E-state index in [1.807, 2.05) is 10.9 Å². The molecule has 72 valence electrons. The second kappa shape index (κ2) is 3.10. The van der Waals surface area contributed by atoms with Gasteiger partial charge in [0.2, 0.25) is 0 Å². The fourth-order valence-corrected chi connectivity index (χ4v) is 1.51. The Morgan fingerprint density at radius 2 is 2.38 bits per heavy atom. The lowest BCUT2D eigenvalue weighted by Crippen LogP contribution is -2.43. The normalized spacial score (nSPS) is 19.8. The molecule has 1 aliphatic rings. The monoisotopic (exact) mass is 181 g/mol. The molecule has 0 aliphatic carbocycles. The summed E-state index contributed by atoms with van der Waals surface area (Å²) in [6.45, 7) is 6.90. The number of aromatic nitrogens is 3.